The van der Waals surface area contributed by atoms with Crippen molar-refractivity contribution in [3.63, 3.8) is 0 Å². The minimum Gasteiger partial charge on any atom is -0.357 e. The number of piperazine rings is 1. The van der Waals surface area contributed by atoms with Crippen molar-refractivity contribution in [2.45, 2.75) is 45.1 Å². The molecule has 30 heavy (non-hydrogen) atoms. The van der Waals surface area contributed by atoms with Gasteiger partial charge in [-0.05, 0) is 51.3 Å². The van der Waals surface area contributed by atoms with Crippen LogP contribution in [0.1, 0.15) is 39.2 Å². The maximum Gasteiger partial charge on any atom is 0.234 e. The van der Waals surface area contributed by atoms with Crippen molar-refractivity contribution in [1.29, 1.82) is 0 Å². The maximum atomic E-state index is 13.6. The van der Waals surface area contributed by atoms with Gasteiger partial charge in [-0.3, -0.25) is 14.7 Å². The van der Waals surface area contributed by atoms with Gasteiger partial charge >= 0.3 is 0 Å². The number of benzene rings is 1. The first kappa shape index (κ1) is 24.8. The van der Waals surface area contributed by atoms with Crippen molar-refractivity contribution in [2.24, 2.45) is 4.99 Å². The van der Waals surface area contributed by atoms with Crippen LogP contribution in [0.4, 0.5) is 4.39 Å². The standard InChI is InChI=1S/C22H34FN5O.HI/c1-4-24-21(25-16-22(8-9-22)18-6-5-7-19(23)14-18)28-12-10-27(11-13-28)15-20(29)26-17(2)3;/h5-7,14,17H,4,8-13,15-16H2,1-3H3,(H,24,25)(H,26,29);1H. The number of aliphatic imine (C=N–C) groups is 1. The molecular weight excluding hydrogens is 496 g/mol. The number of carbonyl (C=O) groups is 1. The highest BCUT2D eigenvalue weighted by Crippen LogP contribution is 2.48. The molecule has 168 valence electrons. The van der Waals surface area contributed by atoms with Crippen molar-refractivity contribution in [1.82, 2.24) is 20.4 Å². The Labute approximate surface area is 196 Å². The van der Waals surface area contributed by atoms with E-state index in [1.54, 1.807) is 12.1 Å². The summed E-state index contributed by atoms with van der Waals surface area (Å²) in [4.78, 5) is 21.4. The molecule has 0 bridgehead atoms. The van der Waals surface area contributed by atoms with Crippen LogP contribution in [0.3, 0.4) is 0 Å². The molecule has 1 saturated heterocycles. The Morgan fingerprint density at radius 2 is 1.93 bits per heavy atom. The molecule has 1 saturated carbocycles. The molecule has 2 aliphatic rings. The van der Waals surface area contributed by atoms with Gasteiger partial charge in [0.1, 0.15) is 5.82 Å². The highest BCUT2D eigenvalue weighted by atomic mass is 127. The molecule has 8 heteroatoms. The summed E-state index contributed by atoms with van der Waals surface area (Å²) in [5.41, 5.74) is 1.04. The molecule has 2 fully saturated rings. The summed E-state index contributed by atoms with van der Waals surface area (Å²) in [6.07, 6.45) is 2.11. The molecule has 1 aromatic rings. The average Bonchev–Trinajstić information content (AvgIpc) is 3.46. The molecular formula is C22H35FIN5O. The number of nitrogens with one attached hydrogen (secondary N) is 2. The number of halogens is 2. The van der Waals surface area contributed by atoms with E-state index in [4.69, 9.17) is 4.99 Å². The predicted octanol–water partition coefficient (Wildman–Crippen LogP) is 2.58. The SMILES string of the molecule is CCNC(=NCC1(c2cccc(F)c2)CC1)N1CCN(CC(=O)NC(C)C)CC1.I. The molecule has 3 rings (SSSR count). The Bertz CT molecular complexity index is 730. The summed E-state index contributed by atoms with van der Waals surface area (Å²) >= 11 is 0. The molecule has 1 aromatic carbocycles. The van der Waals surface area contributed by atoms with Gasteiger partial charge in [-0.1, -0.05) is 12.1 Å². The lowest BCUT2D eigenvalue weighted by atomic mass is 9.96. The van der Waals surface area contributed by atoms with E-state index in [1.807, 2.05) is 19.9 Å². The average molecular weight is 531 g/mol. The zero-order chi connectivity index (χ0) is 20.9. The van der Waals surface area contributed by atoms with Gasteiger partial charge in [0.15, 0.2) is 5.96 Å². The van der Waals surface area contributed by atoms with Crippen LogP contribution < -0.4 is 10.6 Å². The molecule has 1 aliphatic heterocycles. The van der Waals surface area contributed by atoms with Gasteiger partial charge in [-0.15, -0.1) is 24.0 Å². The number of guanidine groups is 1. The molecule has 0 spiro atoms. The number of amides is 1. The number of carbonyl (C=O) groups excluding carboxylic acids is 1. The lowest BCUT2D eigenvalue weighted by molar-refractivity contribution is -0.123. The quantitative estimate of drug-likeness (QED) is 0.323. The Kier molecular flexibility index (Phi) is 9.33. The summed E-state index contributed by atoms with van der Waals surface area (Å²) in [7, 11) is 0. The van der Waals surface area contributed by atoms with Crippen LogP contribution in [0, 0.1) is 5.82 Å². The van der Waals surface area contributed by atoms with Gasteiger partial charge in [-0.2, -0.15) is 0 Å². The smallest absolute Gasteiger partial charge is 0.234 e. The normalized spacial score (nSPS) is 18.7. The summed E-state index contributed by atoms with van der Waals surface area (Å²) in [6.45, 7) is 11.3. The third kappa shape index (κ3) is 6.80. The second-order valence-electron chi connectivity index (χ2n) is 8.45. The molecule has 0 unspecified atom stereocenters. The Morgan fingerprint density at radius 1 is 1.23 bits per heavy atom. The highest BCUT2D eigenvalue weighted by molar-refractivity contribution is 14.0. The number of hydrogen-bond donors (Lipinski definition) is 2. The van der Waals surface area contributed by atoms with Gasteiger partial charge in [0.25, 0.3) is 0 Å². The minimum absolute atomic E-state index is 0. The zero-order valence-electron chi connectivity index (χ0n) is 18.3. The van der Waals surface area contributed by atoms with E-state index >= 15 is 0 Å². The van der Waals surface area contributed by atoms with Crippen LogP contribution in [0.5, 0.6) is 0 Å². The van der Waals surface area contributed by atoms with E-state index in [-0.39, 0.29) is 47.2 Å². The predicted molar refractivity (Wildman–Crippen MR) is 130 cm³/mol. The van der Waals surface area contributed by atoms with E-state index in [0.717, 1.165) is 57.1 Å². The lowest BCUT2D eigenvalue weighted by Crippen LogP contribution is -2.54. The highest BCUT2D eigenvalue weighted by Gasteiger charge is 2.44. The van der Waals surface area contributed by atoms with Crippen LogP contribution in [0.2, 0.25) is 0 Å². The molecule has 2 N–H and O–H groups in total. The first-order valence-corrected chi connectivity index (χ1v) is 10.7. The van der Waals surface area contributed by atoms with Crippen LogP contribution in [0.15, 0.2) is 29.3 Å². The fourth-order valence-corrected chi connectivity index (χ4v) is 3.85. The summed E-state index contributed by atoms with van der Waals surface area (Å²) < 4.78 is 13.6. The Hall–Kier alpha value is -1.42. The van der Waals surface area contributed by atoms with Crippen LogP contribution in [-0.2, 0) is 10.2 Å². The third-order valence-corrected chi connectivity index (χ3v) is 5.65. The molecule has 0 radical (unpaired) electrons. The third-order valence-electron chi connectivity index (χ3n) is 5.65. The van der Waals surface area contributed by atoms with Crippen molar-refractivity contribution in [3.8, 4) is 0 Å². The number of rotatable bonds is 7. The lowest BCUT2D eigenvalue weighted by Gasteiger charge is -2.36. The fourth-order valence-electron chi connectivity index (χ4n) is 3.85. The van der Waals surface area contributed by atoms with Gasteiger partial charge < -0.3 is 15.5 Å². The van der Waals surface area contributed by atoms with Gasteiger partial charge in [-0.25, -0.2) is 4.39 Å². The van der Waals surface area contributed by atoms with Crippen LogP contribution in [-0.4, -0.2) is 73.5 Å². The minimum atomic E-state index is -0.178. The molecule has 1 aliphatic carbocycles. The van der Waals surface area contributed by atoms with E-state index in [2.05, 4.69) is 27.4 Å². The van der Waals surface area contributed by atoms with Crippen LogP contribution in [0.25, 0.3) is 0 Å². The maximum absolute atomic E-state index is 13.6. The second kappa shape index (κ2) is 11.3. The van der Waals surface area contributed by atoms with E-state index < -0.39 is 0 Å². The largest absolute Gasteiger partial charge is 0.357 e. The second-order valence-corrected chi connectivity index (χ2v) is 8.45. The molecule has 6 nitrogen and oxygen atoms in total. The summed E-state index contributed by atoms with van der Waals surface area (Å²) in [5.74, 6) is 0.823. The van der Waals surface area contributed by atoms with E-state index in [9.17, 15) is 9.18 Å². The summed E-state index contributed by atoms with van der Waals surface area (Å²) in [6, 6.07) is 7.11. The topological polar surface area (TPSA) is 60.0 Å². The van der Waals surface area contributed by atoms with Crippen molar-refractivity contribution >= 4 is 35.8 Å². The first-order chi connectivity index (χ1) is 13.9. The van der Waals surface area contributed by atoms with Crippen LogP contribution >= 0.6 is 24.0 Å². The van der Waals surface area contributed by atoms with Crippen molar-refractivity contribution in [2.75, 3.05) is 45.8 Å². The van der Waals surface area contributed by atoms with Gasteiger partial charge in [0, 0.05) is 44.2 Å². The van der Waals surface area contributed by atoms with E-state index in [0.29, 0.717) is 13.1 Å². The molecule has 1 amide bonds. The van der Waals surface area contributed by atoms with Gasteiger partial charge in [0.05, 0.1) is 13.1 Å². The Morgan fingerprint density at radius 3 is 2.50 bits per heavy atom. The number of hydrogen-bond acceptors (Lipinski definition) is 3. The molecule has 0 aromatic heterocycles. The molecule has 0 atom stereocenters. The van der Waals surface area contributed by atoms with Crippen molar-refractivity contribution in [3.05, 3.63) is 35.6 Å². The van der Waals surface area contributed by atoms with E-state index in [1.165, 1.54) is 6.07 Å². The molecule has 1 heterocycles. The Balaban J connectivity index is 0.00000320. The van der Waals surface area contributed by atoms with Crippen molar-refractivity contribution < 1.29 is 9.18 Å². The number of nitrogens with zero attached hydrogens (tertiary/aromatic N) is 3. The zero-order valence-corrected chi connectivity index (χ0v) is 20.6. The summed E-state index contributed by atoms with van der Waals surface area (Å²) in [5, 5.41) is 6.35. The fraction of sp³-hybridized carbons (Fsp3) is 0.636. The monoisotopic (exact) mass is 531 g/mol. The van der Waals surface area contributed by atoms with Gasteiger partial charge in [0.2, 0.25) is 5.91 Å². The first-order valence-electron chi connectivity index (χ1n) is 10.7.